The first-order chi connectivity index (χ1) is 11.8. The van der Waals surface area contributed by atoms with Crippen LogP contribution in [-0.2, 0) is 4.74 Å². The van der Waals surface area contributed by atoms with Crippen molar-refractivity contribution in [1.82, 2.24) is 9.97 Å². The molecule has 1 heterocycles. The lowest BCUT2D eigenvalue weighted by Crippen LogP contribution is -2.21. The number of hydrogen-bond donors (Lipinski definition) is 1. The van der Waals surface area contributed by atoms with Gasteiger partial charge in [-0.15, -0.1) is 0 Å². The van der Waals surface area contributed by atoms with Crippen molar-refractivity contribution in [3.05, 3.63) is 40.2 Å². The second-order valence-electron chi connectivity index (χ2n) is 6.24. The number of H-pyrrole nitrogens is 1. The number of nitriles is 1. The molecule has 2 rings (SSSR count). The number of nitrogens with one attached hydrogen (secondary N) is 1. The highest BCUT2D eigenvalue weighted by atomic mass is 32.2. The molecular weight excluding hydrogens is 338 g/mol. The van der Waals surface area contributed by atoms with Gasteiger partial charge in [-0.2, -0.15) is 5.26 Å². The maximum absolute atomic E-state index is 12.2. The Balaban J connectivity index is 2.25. The maximum atomic E-state index is 12.2. The average Bonchev–Trinajstić information content (AvgIpc) is 2.57. The van der Waals surface area contributed by atoms with Crippen molar-refractivity contribution in [3.63, 3.8) is 0 Å². The summed E-state index contributed by atoms with van der Waals surface area (Å²) >= 11 is 1.39. The van der Waals surface area contributed by atoms with Gasteiger partial charge in [0.2, 0.25) is 0 Å². The van der Waals surface area contributed by atoms with Crippen LogP contribution in [0.3, 0.4) is 0 Å². The fraction of sp³-hybridized carbons (Fsp3) is 0.389. The third kappa shape index (κ3) is 5.34. The number of thioether (sulfide) groups is 1. The van der Waals surface area contributed by atoms with Crippen LogP contribution >= 0.6 is 11.8 Å². The molecule has 2 aromatic rings. The third-order valence-electron chi connectivity index (χ3n) is 3.23. The average molecular weight is 359 g/mol. The smallest absolute Gasteiger partial charge is 0.270 e. The molecule has 0 saturated heterocycles. The molecule has 25 heavy (non-hydrogen) atoms. The minimum absolute atomic E-state index is 0.000424. The fourth-order valence-corrected chi connectivity index (χ4v) is 2.75. The molecule has 7 heteroatoms. The van der Waals surface area contributed by atoms with Crippen molar-refractivity contribution in [2.24, 2.45) is 0 Å². The van der Waals surface area contributed by atoms with Gasteiger partial charge >= 0.3 is 0 Å². The molecule has 0 aliphatic heterocycles. The highest BCUT2D eigenvalue weighted by Gasteiger charge is 2.14. The van der Waals surface area contributed by atoms with E-state index in [9.17, 15) is 10.1 Å². The Morgan fingerprint density at radius 3 is 2.52 bits per heavy atom. The topological polar surface area (TPSA) is 88.0 Å². The third-order valence-corrected chi connectivity index (χ3v) is 4.07. The molecule has 1 N–H and O–H groups in total. The largest absolute Gasteiger partial charge is 0.497 e. The first-order valence-electron chi connectivity index (χ1n) is 7.79. The van der Waals surface area contributed by atoms with Crippen LogP contribution in [-0.4, -0.2) is 35.0 Å². The Bertz CT molecular complexity index is 817. The summed E-state index contributed by atoms with van der Waals surface area (Å²) < 4.78 is 10.8. The van der Waals surface area contributed by atoms with Gasteiger partial charge in [-0.1, -0.05) is 11.8 Å². The zero-order valence-electron chi connectivity index (χ0n) is 14.8. The van der Waals surface area contributed by atoms with E-state index in [1.165, 1.54) is 11.8 Å². The van der Waals surface area contributed by atoms with Crippen molar-refractivity contribution in [1.29, 1.82) is 5.26 Å². The Hall–Kier alpha value is -2.30. The first kappa shape index (κ1) is 19.0. The van der Waals surface area contributed by atoms with E-state index in [4.69, 9.17) is 9.47 Å². The summed E-state index contributed by atoms with van der Waals surface area (Å²) in [4.78, 5) is 19.3. The van der Waals surface area contributed by atoms with Crippen LogP contribution in [0.15, 0.2) is 34.2 Å². The number of aromatic nitrogens is 2. The molecule has 132 valence electrons. The molecule has 0 atom stereocenters. The molecule has 0 radical (unpaired) electrons. The zero-order chi connectivity index (χ0) is 18.4. The highest BCUT2D eigenvalue weighted by molar-refractivity contribution is 7.99. The van der Waals surface area contributed by atoms with E-state index in [0.717, 1.165) is 0 Å². The predicted molar refractivity (Wildman–Crippen MR) is 98.0 cm³/mol. The number of benzene rings is 1. The van der Waals surface area contributed by atoms with Gasteiger partial charge in [0.15, 0.2) is 5.16 Å². The van der Waals surface area contributed by atoms with Crippen LogP contribution < -0.4 is 10.3 Å². The monoisotopic (exact) mass is 359 g/mol. The lowest BCUT2D eigenvalue weighted by Gasteiger charge is -2.19. The van der Waals surface area contributed by atoms with E-state index in [0.29, 0.717) is 34.5 Å². The molecule has 0 aliphatic carbocycles. The summed E-state index contributed by atoms with van der Waals surface area (Å²) in [5.74, 6) is 1.34. The van der Waals surface area contributed by atoms with Crippen molar-refractivity contribution in [2.45, 2.75) is 31.5 Å². The lowest BCUT2D eigenvalue weighted by molar-refractivity contribution is 0.00693. The predicted octanol–water partition coefficient (Wildman–Crippen LogP) is 3.22. The molecule has 0 spiro atoms. The van der Waals surface area contributed by atoms with Crippen LogP contribution in [0, 0.1) is 11.3 Å². The van der Waals surface area contributed by atoms with E-state index in [2.05, 4.69) is 9.97 Å². The maximum Gasteiger partial charge on any atom is 0.270 e. The molecule has 6 nitrogen and oxygen atoms in total. The van der Waals surface area contributed by atoms with Gasteiger partial charge in [-0.05, 0) is 45.0 Å². The number of nitrogens with zero attached hydrogens (tertiary/aromatic N) is 2. The van der Waals surface area contributed by atoms with Gasteiger partial charge in [-0.25, -0.2) is 4.98 Å². The molecule has 0 bridgehead atoms. The number of ether oxygens (including phenoxy) is 2. The summed E-state index contributed by atoms with van der Waals surface area (Å²) in [6.07, 6.45) is 0. The van der Waals surface area contributed by atoms with Crippen molar-refractivity contribution >= 4 is 11.8 Å². The van der Waals surface area contributed by atoms with Crippen LogP contribution in [0.5, 0.6) is 5.75 Å². The van der Waals surface area contributed by atoms with E-state index < -0.39 is 5.56 Å². The Morgan fingerprint density at radius 2 is 1.96 bits per heavy atom. The van der Waals surface area contributed by atoms with Gasteiger partial charge in [0, 0.05) is 11.3 Å². The number of rotatable bonds is 6. The molecule has 0 aliphatic rings. The van der Waals surface area contributed by atoms with Gasteiger partial charge in [0.05, 0.1) is 25.0 Å². The summed E-state index contributed by atoms with van der Waals surface area (Å²) in [6, 6.07) is 9.02. The standard InChI is InChI=1S/C18H21N3O3S/c1-18(2,3)24-9-10-25-17-20-15(14(11-19)16(22)21-17)12-5-7-13(23-4)8-6-12/h5-8H,9-10H2,1-4H3,(H,20,21,22). The van der Waals surface area contributed by atoms with E-state index in [1.54, 1.807) is 31.4 Å². The van der Waals surface area contributed by atoms with Gasteiger partial charge < -0.3 is 14.5 Å². The van der Waals surface area contributed by atoms with Crippen molar-refractivity contribution in [2.75, 3.05) is 19.5 Å². The van der Waals surface area contributed by atoms with Crippen molar-refractivity contribution < 1.29 is 9.47 Å². The first-order valence-corrected chi connectivity index (χ1v) is 8.78. The molecule has 0 amide bonds. The van der Waals surface area contributed by atoms with Gasteiger partial charge in [-0.3, -0.25) is 4.79 Å². The molecule has 0 fully saturated rings. The van der Waals surface area contributed by atoms with Gasteiger partial charge in [0.1, 0.15) is 17.4 Å². The summed E-state index contributed by atoms with van der Waals surface area (Å²) in [5.41, 5.74) is 0.410. The van der Waals surface area contributed by atoms with Crippen molar-refractivity contribution in [3.8, 4) is 23.1 Å². The minimum atomic E-state index is -0.442. The SMILES string of the molecule is COc1ccc(-c2nc(SCCOC(C)(C)C)[nH]c(=O)c2C#N)cc1. The second kappa shape index (κ2) is 8.19. The molecule has 0 unspecified atom stereocenters. The van der Waals surface area contributed by atoms with Crippen LogP contribution in [0.1, 0.15) is 26.3 Å². The van der Waals surface area contributed by atoms with E-state index in [-0.39, 0.29) is 11.2 Å². The molecule has 1 aromatic carbocycles. The minimum Gasteiger partial charge on any atom is -0.497 e. The van der Waals surface area contributed by atoms with E-state index in [1.807, 2.05) is 26.8 Å². The number of methoxy groups -OCH3 is 1. The second-order valence-corrected chi connectivity index (χ2v) is 7.33. The number of hydrogen-bond acceptors (Lipinski definition) is 6. The van der Waals surface area contributed by atoms with Crippen LogP contribution in [0.25, 0.3) is 11.3 Å². The summed E-state index contributed by atoms with van der Waals surface area (Å²) in [6.45, 7) is 6.50. The fourth-order valence-electron chi connectivity index (χ4n) is 2.07. The molecule has 0 saturated carbocycles. The van der Waals surface area contributed by atoms with Gasteiger partial charge in [0.25, 0.3) is 5.56 Å². The summed E-state index contributed by atoms with van der Waals surface area (Å²) in [5, 5.41) is 9.76. The number of aromatic amines is 1. The molecular formula is C18H21N3O3S. The van der Waals surface area contributed by atoms with Crippen LogP contribution in [0.4, 0.5) is 0 Å². The Kier molecular flexibility index (Phi) is 6.23. The highest BCUT2D eigenvalue weighted by Crippen LogP contribution is 2.24. The zero-order valence-corrected chi connectivity index (χ0v) is 15.6. The van der Waals surface area contributed by atoms with E-state index >= 15 is 0 Å². The Labute approximate surface area is 151 Å². The lowest BCUT2D eigenvalue weighted by atomic mass is 10.1. The normalized spacial score (nSPS) is 11.2. The summed E-state index contributed by atoms with van der Waals surface area (Å²) in [7, 11) is 1.58. The molecule has 1 aromatic heterocycles. The van der Waals surface area contributed by atoms with Crippen LogP contribution in [0.2, 0.25) is 0 Å². The quantitative estimate of drug-likeness (QED) is 0.484. The Morgan fingerprint density at radius 1 is 1.28 bits per heavy atom.